The zero-order chi connectivity index (χ0) is 15.1. The summed E-state index contributed by atoms with van der Waals surface area (Å²) in [7, 11) is -1.76. The van der Waals surface area contributed by atoms with Gasteiger partial charge in [0, 0.05) is 0 Å². The number of halogens is 1. The quantitative estimate of drug-likeness (QED) is 0.379. The minimum atomic E-state index is -1.76. The maximum atomic E-state index is 9.76. The monoisotopic (exact) mass is 306 g/mol. The first kappa shape index (κ1) is 19.2. The molecule has 0 unspecified atom stereocenters. The summed E-state index contributed by atoms with van der Waals surface area (Å²) in [6.07, 6.45) is 2.85. The molecule has 0 radical (unpaired) electrons. The maximum absolute atomic E-state index is 9.76. The van der Waals surface area contributed by atoms with Crippen LogP contribution in [-0.4, -0.2) is 31.0 Å². The van der Waals surface area contributed by atoms with Gasteiger partial charge in [-0.05, 0) is 45.3 Å². The minimum absolute atomic E-state index is 0.0213. The first-order valence-electron chi connectivity index (χ1n) is 7.37. The molecule has 1 N–H and O–H groups in total. The van der Waals surface area contributed by atoms with E-state index < -0.39 is 13.9 Å². The number of rotatable bonds is 9. The number of aliphatic hydroxyl groups is 1. The zero-order valence-electron chi connectivity index (χ0n) is 13.4. The lowest BCUT2D eigenvalue weighted by Crippen LogP contribution is -2.52. The van der Waals surface area contributed by atoms with Gasteiger partial charge in [0.1, 0.15) is 0 Å². The number of allylic oxidation sites excluding steroid dienone is 2. The fourth-order valence-electron chi connectivity index (χ4n) is 2.24. The topological polar surface area (TPSA) is 29.5 Å². The molecule has 19 heavy (non-hydrogen) atoms. The van der Waals surface area contributed by atoms with Crippen molar-refractivity contribution in [2.45, 2.75) is 77.1 Å². The lowest BCUT2D eigenvalue weighted by atomic mass is 10.00. The Balaban J connectivity index is 4.98. The molecule has 114 valence electrons. The van der Waals surface area contributed by atoms with E-state index in [1.807, 2.05) is 6.92 Å². The minimum Gasteiger partial charge on any atom is -0.408 e. The predicted octanol–water partition coefficient (Wildman–Crippen LogP) is 4.72. The maximum Gasteiger partial charge on any atom is 0.193 e. The van der Waals surface area contributed by atoms with Crippen LogP contribution in [0.5, 0.6) is 0 Å². The third kappa shape index (κ3) is 5.58. The molecule has 0 heterocycles. The summed E-state index contributed by atoms with van der Waals surface area (Å²) in [6, 6.07) is 3.21. The molecule has 0 spiro atoms. The van der Waals surface area contributed by atoms with Gasteiger partial charge in [0.2, 0.25) is 0 Å². The van der Waals surface area contributed by atoms with Crippen molar-refractivity contribution in [3.05, 3.63) is 11.6 Å². The zero-order valence-corrected chi connectivity index (χ0v) is 15.2. The summed E-state index contributed by atoms with van der Waals surface area (Å²) in [5.74, 6) is 0. The van der Waals surface area contributed by atoms with Crippen LogP contribution in [0.1, 0.15) is 48.0 Å². The molecule has 0 aromatic carbocycles. The lowest BCUT2D eigenvalue weighted by Gasteiger charge is -2.41. The van der Waals surface area contributed by atoms with E-state index in [0.717, 1.165) is 24.6 Å². The average Bonchev–Trinajstić information content (AvgIpc) is 2.42. The molecule has 4 heteroatoms. The van der Waals surface area contributed by atoms with Crippen LogP contribution in [0.15, 0.2) is 11.6 Å². The van der Waals surface area contributed by atoms with Crippen molar-refractivity contribution in [1.29, 1.82) is 0 Å². The summed E-state index contributed by atoms with van der Waals surface area (Å²) in [5, 5.41) is 9.57. The molecular weight excluding hydrogens is 276 g/mol. The molecule has 0 aliphatic heterocycles. The van der Waals surface area contributed by atoms with E-state index in [1.54, 1.807) is 0 Å². The van der Waals surface area contributed by atoms with Crippen molar-refractivity contribution in [2.75, 3.05) is 6.61 Å². The van der Waals surface area contributed by atoms with Crippen molar-refractivity contribution >= 4 is 19.9 Å². The fourth-order valence-corrected chi connectivity index (χ4v) is 5.65. The first-order chi connectivity index (χ1) is 8.79. The second-order valence-corrected chi connectivity index (χ2v) is 11.0. The summed E-state index contributed by atoms with van der Waals surface area (Å²) in [6.45, 7) is 12.6. The Morgan fingerprint density at radius 3 is 2.05 bits per heavy atom. The van der Waals surface area contributed by atoms with Crippen LogP contribution in [-0.2, 0) is 4.43 Å². The van der Waals surface area contributed by atoms with Gasteiger partial charge in [-0.25, -0.2) is 0 Å². The molecule has 2 nitrogen and oxygen atoms in total. The number of hydrogen-bond donors (Lipinski definition) is 1. The normalized spacial score (nSPS) is 16.8. The van der Waals surface area contributed by atoms with Gasteiger partial charge in [-0.15, -0.1) is 11.6 Å². The molecule has 0 saturated carbocycles. The number of hydrogen-bond acceptors (Lipinski definition) is 2. The second kappa shape index (κ2) is 8.45. The highest BCUT2D eigenvalue weighted by Gasteiger charge is 2.41. The van der Waals surface area contributed by atoms with Gasteiger partial charge in [-0.2, -0.15) is 0 Å². The van der Waals surface area contributed by atoms with E-state index in [2.05, 4.69) is 40.7 Å². The molecule has 0 saturated heterocycles. The largest absolute Gasteiger partial charge is 0.408 e. The van der Waals surface area contributed by atoms with E-state index in [-0.39, 0.29) is 12.0 Å². The van der Waals surface area contributed by atoms with Crippen molar-refractivity contribution in [2.24, 2.45) is 0 Å². The first-order valence-corrected chi connectivity index (χ1v) is 10.3. The molecule has 0 aromatic rings. The second-order valence-electron chi connectivity index (χ2n) is 5.80. The van der Waals surface area contributed by atoms with Gasteiger partial charge < -0.3 is 9.53 Å². The third-order valence-corrected chi connectivity index (χ3v) is 9.50. The van der Waals surface area contributed by atoms with Crippen molar-refractivity contribution in [3.63, 3.8) is 0 Å². The van der Waals surface area contributed by atoms with Crippen LogP contribution >= 0.6 is 11.6 Å². The lowest BCUT2D eigenvalue weighted by molar-refractivity contribution is 0.0120. The van der Waals surface area contributed by atoms with Gasteiger partial charge in [0.25, 0.3) is 0 Å². The van der Waals surface area contributed by atoms with E-state index in [9.17, 15) is 5.11 Å². The number of aliphatic hydroxyl groups excluding tert-OH is 1. The smallest absolute Gasteiger partial charge is 0.193 e. The summed E-state index contributed by atoms with van der Waals surface area (Å²) >= 11 is 6.50. The molecule has 0 rings (SSSR count). The molecular formula is C15H31ClO2Si. The Morgan fingerprint density at radius 1 is 1.26 bits per heavy atom. The molecule has 0 aliphatic carbocycles. The standard InChI is InChI=1S/C15H31ClO2Si/c1-7-19(8-2,9-3)18-15(6,12-17)14(16)11-10-13(4)5/h10,14,17H,7-9,11-12H2,1-6H3/t14-,15-/m1/s1. The summed E-state index contributed by atoms with van der Waals surface area (Å²) in [4.78, 5) is 0. The van der Waals surface area contributed by atoms with Gasteiger partial charge in [0.15, 0.2) is 8.32 Å². The SMILES string of the molecule is CC[Si](CC)(CC)O[C@](C)(CO)[C@H](Cl)CC=C(C)C. The molecule has 0 bridgehead atoms. The fraction of sp³-hybridized carbons (Fsp3) is 0.867. The Morgan fingerprint density at radius 2 is 1.74 bits per heavy atom. The molecule has 0 fully saturated rings. The van der Waals surface area contributed by atoms with Crippen LogP contribution in [0, 0.1) is 0 Å². The molecule has 2 atom stereocenters. The Kier molecular flexibility index (Phi) is 8.53. The van der Waals surface area contributed by atoms with E-state index in [0.29, 0.717) is 0 Å². The highest BCUT2D eigenvalue weighted by atomic mass is 35.5. The predicted molar refractivity (Wildman–Crippen MR) is 87.5 cm³/mol. The Hall–Kier alpha value is 0.167. The Bertz CT molecular complexity index is 278. The van der Waals surface area contributed by atoms with Crippen LogP contribution < -0.4 is 0 Å². The van der Waals surface area contributed by atoms with Crippen molar-refractivity contribution in [1.82, 2.24) is 0 Å². The summed E-state index contributed by atoms with van der Waals surface area (Å²) < 4.78 is 6.44. The Labute approximate surface area is 125 Å². The van der Waals surface area contributed by atoms with E-state index in [1.165, 1.54) is 5.57 Å². The highest BCUT2D eigenvalue weighted by molar-refractivity contribution is 6.73. The van der Waals surface area contributed by atoms with Crippen molar-refractivity contribution < 1.29 is 9.53 Å². The molecule has 0 amide bonds. The van der Waals surface area contributed by atoms with Crippen LogP contribution in [0.3, 0.4) is 0 Å². The van der Waals surface area contributed by atoms with Gasteiger partial charge in [0.05, 0.1) is 17.6 Å². The molecule has 0 aliphatic rings. The van der Waals surface area contributed by atoms with Crippen LogP contribution in [0.25, 0.3) is 0 Å². The van der Waals surface area contributed by atoms with Gasteiger partial charge in [-0.3, -0.25) is 0 Å². The molecule has 0 aromatic heterocycles. The van der Waals surface area contributed by atoms with Crippen LogP contribution in [0.4, 0.5) is 0 Å². The van der Waals surface area contributed by atoms with Gasteiger partial charge in [-0.1, -0.05) is 32.4 Å². The third-order valence-electron chi connectivity index (χ3n) is 4.09. The summed E-state index contributed by atoms with van der Waals surface area (Å²) in [5.41, 5.74) is 0.609. The van der Waals surface area contributed by atoms with E-state index in [4.69, 9.17) is 16.0 Å². The van der Waals surface area contributed by atoms with E-state index >= 15 is 0 Å². The highest BCUT2D eigenvalue weighted by Crippen LogP contribution is 2.33. The van der Waals surface area contributed by atoms with Gasteiger partial charge >= 0.3 is 0 Å². The number of alkyl halides is 1. The van der Waals surface area contributed by atoms with Crippen LogP contribution in [0.2, 0.25) is 18.1 Å². The average molecular weight is 307 g/mol. The van der Waals surface area contributed by atoms with Crippen molar-refractivity contribution in [3.8, 4) is 0 Å².